The minimum atomic E-state index is -3.68. The van der Waals surface area contributed by atoms with Gasteiger partial charge >= 0.3 is 0 Å². The van der Waals surface area contributed by atoms with Crippen LogP contribution in [-0.4, -0.2) is 20.5 Å². The Kier molecular flexibility index (Phi) is 3.26. The van der Waals surface area contributed by atoms with E-state index < -0.39 is 15.8 Å². The summed E-state index contributed by atoms with van der Waals surface area (Å²) in [6.45, 7) is 0. The molecule has 1 aliphatic heterocycles. The molecular formula is C14H10FN3O2S. The number of nitrogens with one attached hydrogen (secondary N) is 1. The van der Waals surface area contributed by atoms with Crippen molar-refractivity contribution >= 4 is 22.1 Å². The van der Waals surface area contributed by atoms with Gasteiger partial charge in [0, 0.05) is 11.1 Å². The summed E-state index contributed by atoms with van der Waals surface area (Å²) >= 11 is 0. The van der Waals surface area contributed by atoms with Crippen LogP contribution >= 0.6 is 0 Å². The maximum absolute atomic E-state index is 13.4. The number of halogens is 1. The zero-order chi connectivity index (χ0) is 14.9. The Balaban J connectivity index is 1.86. The van der Waals surface area contributed by atoms with Crippen LogP contribution < -0.4 is 5.43 Å². The highest BCUT2D eigenvalue weighted by Crippen LogP contribution is 2.24. The number of hydrazone groups is 1. The zero-order valence-corrected chi connectivity index (χ0v) is 11.5. The molecule has 1 aliphatic rings. The summed E-state index contributed by atoms with van der Waals surface area (Å²) in [5.41, 5.74) is 3.28. The molecule has 7 heteroatoms. The van der Waals surface area contributed by atoms with Crippen LogP contribution in [0.1, 0.15) is 11.1 Å². The maximum atomic E-state index is 13.4. The fourth-order valence-electron chi connectivity index (χ4n) is 1.93. The van der Waals surface area contributed by atoms with Crippen molar-refractivity contribution in [3.05, 3.63) is 65.5 Å². The van der Waals surface area contributed by atoms with Crippen molar-refractivity contribution < 1.29 is 12.8 Å². The third kappa shape index (κ3) is 2.55. The molecule has 0 fully saturated rings. The van der Waals surface area contributed by atoms with Crippen LogP contribution in [-0.2, 0) is 10.0 Å². The second-order valence-electron chi connectivity index (χ2n) is 4.30. The second kappa shape index (κ2) is 5.10. The van der Waals surface area contributed by atoms with Crippen LogP contribution in [0.25, 0.3) is 0 Å². The van der Waals surface area contributed by atoms with Gasteiger partial charge in [-0.1, -0.05) is 30.3 Å². The van der Waals surface area contributed by atoms with E-state index in [4.69, 9.17) is 0 Å². The molecule has 0 saturated heterocycles. The summed E-state index contributed by atoms with van der Waals surface area (Å²) in [5, 5.41) is 3.84. The van der Waals surface area contributed by atoms with Gasteiger partial charge in [-0.2, -0.15) is 13.5 Å². The van der Waals surface area contributed by atoms with Gasteiger partial charge in [0.2, 0.25) is 0 Å². The van der Waals surface area contributed by atoms with Crippen molar-refractivity contribution in [1.82, 2.24) is 5.43 Å². The topological polar surface area (TPSA) is 70.9 Å². The lowest BCUT2D eigenvalue weighted by Gasteiger charge is -2.00. The van der Waals surface area contributed by atoms with Gasteiger partial charge in [0.05, 0.1) is 6.21 Å². The average molecular weight is 303 g/mol. The van der Waals surface area contributed by atoms with Gasteiger partial charge in [-0.25, -0.2) is 4.39 Å². The molecule has 21 heavy (non-hydrogen) atoms. The molecule has 0 saturated carbocycles. The molecule has 0 bridgehead atoms. The monoisotopic (exact) mass is 303 g/mol. The first-order chi connectivity index (χ1) is 10.1. The van der Waals surface area contributed by atoms with Crippen molar-refractivity contribution in [2.75, 3.05) is 0 Å². The Morgan fingerprint density at radius 3 is 2.62 bits per heavy atom. The minimum Gasteiger partial charge on any atom is -0.260 e. The van der Waals surface area contributed by atoms with Crippen LogP contribution in [0.15, 0.2) is 62.9 Å². The Bertz CT molecular complexity index is 860. The molecule has 5 nitrogen and oxygen atoms in total. The van der Waals surface area contributed by atoms with Gasteiger partial charge in [-0.3, -0.25) is 5.43 Å². The molecule has 0 amide bonds. The normalized spacial score (nSPS) is 15.8. The molecule has 0 atom stereocenters. The summed E-state index contributed by atoms with van der Waals surface area (Å²) in [5.74, 6) is -0.289. The lowest BCUT2D eigenvalue weighted by atomic mass is 10.2. The highest BCUT2D eigenvalue weighted by atomic mass is 32.2. The van der Waals surface area contributed by atoms with E-state index in [0.29, 0.717) is 11.1 Å². The van der Waals surface area contributed by atoms with E-state index in [2.05, 4.69) is 14.9 Å². The largest absolute Gasteiger partial charge is 0.285 e. The number of hydrogen-bond acceptors (Lipinski definition) is 4. The Hall–Kier alpha value is -2.54. The Labute approximate surface area is 120 Å². The average Bonchev–Trinajstić information content (AvgIpc) is 2.73. The molecule has 2 aromatic rings. The smallest absolute Gasteiger partial charge is 0.260 e. The van der Waals surface area contributed by atoms with E-state index in [9.17, 15) is 12.8 Å². The van der Waals surface area contributed by atoms with Crippen LogP contribution in [0.3, 0.4) is 0 Å². The minimum absolute atomic E-state index is 0.123. The fraction of sp³-hybridized carbons (Fsp3) is 0. The van der Waals surface area contributed by atoms with Gasteiger partial charge in [0.1, 0.15) is 10.7 Å². The number of benzene rings is 2. The highest BCUT2D eigenvalue weighted by molar-refractivity contribution is 7.90. The van der Waals surface area contributed by atoms with Crippen molar-refractivity contribution in [2.45, 2.75) is 4.90 Å². The van der Waals surface area contributed by atoms with Gasteiger partial charge < -0.3 is 0 Å². The second-order valence-corrected chi connectivity index (χ2v) is 5.88. The first-order valence-corrected chi connectivity index (χ1v) is 7.50. The standard InChI is InChI=1S/C14H10FN3O2S/c15-12-7-3-1-5-10(12)9-16-17-14-11-6-2-4-8-13(11)21(19,20)18-14/h1-9H,(H,17,18)/b16-9-. The summed E-state index contributed by atoms with van der Waals surface area (Å²) in [4.78, 5) is 0.133. The molecule has 106 valence electrons. The summed E-state index contributed by atoms with van der Waals surface area (Å²) in [6.07, 6.45) is 1.27. The SMILES string of the molecule is O=S1(=O)N=C(N/N=C\c2ccccc2F)c2ccccc21. The fourth-order valence-corrected chi connectivity index (χ4v) is 3.10. The quantitative estimate of drug-likeness (QED) is 0.680. The molecule has 3 rings (SSSR count). The zero-order valence-electron chi connectivity index (χ0n) is 10.7. The highest BCUT2D eigenvalue weighted by Gasteiger charge is 2.28. The number of fused-ring (bicyclic) bond motifs is 1. The Morgan fingerprint density at radius 1 is 1.10 bits per heavy atom. The van der Waals surface area contributed by atoms with Crippen LogP contribution in [0.2, 0.25) is 0 Å². The van der Waals surface area contributed by atoms with E-state index in [0.717, 1.165) is 0 Å². The number of hydrogen-bond donors (Lipinski definition) is 1. The number of rotatable bonds is 2. The molecule has 1 N–H and O–H groups in total. The molecule has 0 radical (unpaired) electrons. The first kappa shape index (κ1) is 13.4. The van der Waals surface area contributed by atoms with E-state index in [-0.39, 0.29) is 10.7 Å². The van der Waals surface area contributed by atoms with Crippen LogP contribution in [0.4, 0.5) is 4.39 Å². The van der Waals surface area contributed by atoms with E-state index in [1.807, 2.05) is 0 Å². The van der Waals surface area contributed by atoms with Crippen LogP contribution in [0.5, 0.6) is 0 Å². The van der Waals surface area contributed by atoms with E-state index >= 15 is 0 Å². The Morgan fingerprint density at radius 2 is 1.81 bits per heavy atom. The van der Waals surface area contributed by atoms with Crippen LogP contribution in [0, 0.1) is 5.82 Å². The maximum Gasteiger partial charge on any atom is 0.285 e. The molecule has 0 aromatic heterocycles. The van der Waals surface area contributed by atoms with Crippen molar-refractivity contribution in [3.8, 4) is 0 Å². The predicted octanol–water partition coefficient (Wildman–Crippen LogP) is 1.90. The van der Waals surface area contributed by atoms with Crippen molar-refractivity contribution in [2.24, 2.45) is 9.50 Å². The van der Waals surface area contributed by atoms with Gasteiger partial charge in [-0.05, 0) is 18.2 Å². The van der Waals surface area contributed by atoms with E-state index in [1.54, 1.807) is 36.4 Å². The van der Waals surface area contributed by atoms with Crippen molar-refractivity contribution in [1.29, 1.82) is 0 Å². The predicted molar refractivity (Wildman–Crippen MR) is 77.3 cm³/mol. The van der Waals surface area contributed by atoms with Crippen molar-refractivity contribution in [3.63, 3.8) is 0 Å². The number of nitrogens with zero attached hydrogens (tertiary/aromatic N) is 2. The molecule has 0 unspecified atom stereocenters. The summed E-state index contributed by atoms with van der Waals surface area (Å²) in [6, 6.07) is 12.6. The molecular weight excluding hydrogens is 293 g/mol. The van der Waals surface area contributed by atoms with E-state index in [1.165, 1.54) is 18.3 Å². The van der Waals surface area contributed by atoms with Gasteiger partial charge in [-0.15, -0.1) is 4.40 Å². The van der Waals surface area contributed by atoms with Gasteiger partial charge in [0.15, 0.2) is 5.84 Å². The number of sulfonamides is 1. The molecule has 1 heterocycles. The number of amidine groups is 1. The summed E-state index contributed by atoms with van der Waals surface area (Å²) < 4.78 is 40.6. The third-order valence-electron chi connectivity index (χ3n) is 2.91. The lowest BCUT2D eigenvalue weighted by Crippen LogP contribution is -2.17. The lowest BCUT2D eigenvalue weighted by molar-refractivity contribution is 0.599. The molecule has 0 aliphatic carbocycles. The third-order valence-corrected chi connectivity index (χ3v) is 4.25. The summed E-state index contributed by atoms with van der Waals surface area (Å²) in [7, 11) is -3.68. The first-order valence-electron chi connectivity index (χ1n) is 6.06. The molecule has 2 aromatic carbocycles. The molecule has 0 spiro atoms. The van der Waals surface area contributed by atoms with Gasteiger partial charge in [0.25, 0.3) is 10.0 Å².